The Morgan fingerprint density at radius 1 is 1.10 bits per heavy atom. The van der Waals surface area contributed by atoms with Gasteiger partial charge in [-0.25, -0.2) is 8.42 Å². The highest BCUT2D eigenvalue weighted by Crippen LogP contribution is 2.29. The molecule has 1 aromatic carbocycles. The van der Waals surface area contributed by atoms with E-state index in [0.29, 0.717) is 23.0 Å². The van der Waals surface area contributed by atoms with Crippen LogP contribution in [0, 0.1) is 0 Å². The number of para-hydroxylation sites is 1. The van der Waals surface area contributed by atoms with E-state index in [1.54, 1.807) is 11.0 Å². The monoisotopic (exact) mass is 463 g/mol. The van der Waals surface area contributed by atoms with Crippen molar-refractivity contribution < 1.29 is 13.2 Å². The molecule has 0 aliphatic carbocycles. The predicted octanol–water partition coefficient (Wildman–Crippen LogP) is 4.22. The number of rotatable bonds is 4. The fourth-order valence-corrected chi connectivity index (χ4v) is 6.59. The van der Waals surface area contributed by atoms with Crippen molar-refractivity contribution in [3.63, 3.8) is 0 Å². The zero-order chi connectivity index (χ0) is 21.5. The van der Waals surface area contributed by atoms with Crippen molar-refractivity contribution in [2.45, 2.75) is 24.0 Å². The van der Waals surface area contributed by atoms with E-state index < -0.39 is 10.0 Å². The Bertz CT molecular complexity index is 1200. The van der Waals surface area contributed by atoms with E-state index in [9.17, 15) is 13.2 Å². The molecule has 0 atom stereocenters. The number of sulfonamides is 1. The first-order valence-electron chi connectivity index (χ1n) is 9.72. The molecule has 1 saturated heterocycles. The molecular formula is C21H22ClN3O3S2. The van der Waals surface area contributed by atoms with E-state index in [-0.39, 0.29) is 29.1 Å². The average molecular weight is 464 g/mol. The molecule has 0 saturated carbocycles. The third kappa shape index (κ3) is 3.97. The maximum atomic E-state index is 13.3. The van der Waals surface area contributed by atoms with E-state index in [1.165, 1.54) is 10.4 Å². The molecule has 9 heteroatoms. The minimum Gasteiger partial charge on any atom is -0.336 e. The van der Waals surface area contributed by atoms with Crippen molar-refractivity contribution in [1.29, 1.82) is 0 Å². The second-order valence-corrected chi connectivity index (χ2v) is 11.4. The summed E-state index contributed by atoms with van der Waals surface area (Å²) in [5.41, 5.74) is 2.28. The Kier molecular flexibility index (Phi) is 5.85. The van der Waals surface area contributed by atoms with Gasteiger partial charge in [0, 0.05) is 37.3 Å². The topological polar surface area (TPSA) is 70.6 Å². The number of hydrogen-bond acceptors (Lipinski definition) is 5. The molecule has 0 unspecified atom stereocenters. The molecular weight excluding hydrogens is 442 g/mol. The van der Waals surface area contributed by atoms with Crippen LogP contribution >= 0.6 is 22.9 Å². The maximum Gasteiger partial charge on any atom is 0.254 e. The average Bonchev–Trinajstić information content (AvgIpc) is 3.19. The first-order chi connectivity index (χ1) is 14.3. The number of benzene rings is 1. The lowest BCUT2D eigenvalue weighted by molar-refractivity contribution is 0.0700. The molecule has 6 nitrogen and oxygen atoms in total. The van der Waals surface area contributed by atoms with Gasteiger partial charge in [0.2, 0.25) is 0 Å². The van der Waals surface area contributed by atoms with E-state index in [1.807, 2.05) is 44.2 Å². The number of piperazine rings is 1. The van der Waals surface area contributed by atoms with Crippen LogP contribution < -0.4 is 0 Å². The summed E-state index contributed by atoms with van der Waals surface area (Å²) in [6.45, 7) is 5.28. The quantitative estimate of drug-likeness (QED) is 0.580. The minimum absolute atomic E-state index is 0.0910. The molecule has 1 aliphatic heterocycles. The highest BCUT2D eigenvalue weighted by Gasteiger charge is 2.32. The van der Waals surface area contributed by atoms with Gasteiger partial charge < -0.3 is 4.90 Å². The van der Waals surface area contributed by atoms with Crippen molar-refractivity contribution in [3.8, 4) is 0 Å². The molecule has 4 rings (SSSR count). The van der Waals surface area contributed by atoms with Gasteiger partial charge in [-0.2, -0.15) is 4.31 Å². The van der Waals surface area contributed by atoms with Gasteiger partial charge >= 0.3 is 0 Å². The van der Waals surface area contributed by atoms with Crippen LogP contribution in [-0.4, -0.2) is 54.7 Å². The number of nitrogens with zero attached hydrogens (tertiary/aromatic N) is 3. The van der Waals surface area contributed by atoms with E-state index >= 15 is 0 Å². The van der Waals surface area contributed by atoms with Crippen molar-refractivity contribution in [3.05, 3.63) is 58.1 Å². The molecule has 0 bridgehead atoms. The van der Waals surface area contributed by atoms with E-state index in [2.05, 4.69) is 4.98 Å². The molecule has 3 aromatic rings. The number of pyridine rings is 1. The SMILES string of the molecule is CC(C)c1cc(C(=O)N2CCN(S(=O)(=O)c3ccc(Cl)s3)CC2)c2ccccc2n1. The molecule has 2 aromatic heterocycles. The number of fused-ring (bicyclic) bond motifs is 1. The Morgan fingerprint density at radius 3 is 2.43 bits per heavy atom. The van der Waals surface area contributed by atoms with Gasteiger partial charge in [-0.15, -0.1) is 11.3 Å². The van der Waals surface area contributed by atoms with Gasteiger partial charge in [0.25, 0.3) is 15.9 Å². The van der Waals surface area contributed by atoms with Gasteiger partial charge in [0.1, 0.15) is 4.21 Å². The fraction of sp³-hybridized carbons (Fsp3) is 0.333. The number of halogens is 1. The maximum absolute atomic E-state index is 13.3. The van der Waals surface area contributed by atoms with Crippen LogP contribution in [0.5, 0.6) is 0 Å². The van der Waals surface area contributed by atoms with Gasteiger partial charge in [-0.05, 0) is 30.2 Å². The predicted molar refractivity (Wildman–Crippen MR) is 120 cm³/mol. The first-order valence-corrected chi connectivity index (χ1v) is 12.4. The Hall–Kier alpha value is -2.00. The number of carbonyl (C=O) groups excluding carboxylic acids is 1. The lowest BCUT2D eigenvalue weighted by Crippen LogP contribution is -2.50. The number of amides is 1. The largest absolute Gasteiger partial charge is 0.336 e. The summed E-state index contributed by atoms with van der Waals surface area (Å²) >= 11 is 6.94. The molecule has 1 fully saturated rings. The number of carbonyl (C=O) groups is 1. The minimum atomic E-state index is -3.59. The summed E-state index contributed by atoms with van der Waals surface area (Å²) in [5, 5.41) is 0.815. The van der Waals surface area contributed by atoms with Crippen LogP contribution in [0.1, 0.15) is 35.8 Å². The highest BCUT2D eigenvalue weighted by atomic mass is 35.5. The summed E-state index contributed by atoms with van der Waals surface area (Å²) in [7, 11) is -3.59. The standard InChI is InChI=1S/C21H22ClN3O3S2/c1-14(2)18-13-16(15-5-3-4-6-17(15)23-18)21(26)24-9-11-25(12-10-24)30(27,28)20-8-7-19(22)29-20/h3-8,13-14H,9-12H2,1-2H3. The third-order valence-electron chi connectivity index (χ3n) is 5.23. The van der Waals surface area contributed by atoms with Crippen LogP contribution in [-0.2, 0) is 10.0 Å². The van der Waals surface area contributed by atoms with Crippen LogP contribution in [0.3, 0.4) is 0 Å². The van der Waals surface area contributed by atoms with Gasteiger partial charge in [-0.1, -0.05) is 43.6 Å². The van der Waals surface area contributed by atoms with Gasteiger partial charge in [0.15, 0.2) is 0 Å². The summed E-state index contributed by atoms with van der Waals surface area (Å²) < 4.78 is 27.7. The van der Waals surface area contributed by atoms with Crippen LogP contribution in [0.2, 0.25) is 4.34 Å². The van der Waals surface area contributed by atoms with Gasteiger partial charge in [-0.3, -0.25) is 9.78 Å². The first kappa shape index (κ1) is 21.2. The second kappa shape index (κ2) is 8.26. The summed E-state index contributed by atoms with van der Waals surface area (Å²) in [4.78, 5) is 19.7. The second-order valence-electron chi connectivity index (χ2n) is 7.52. The van der Waals surface area contributed by atoms with Crippen molar-refractivity contribution in [2.75, 3.05) is 26.2 Å². The molecule has 0 spiro atoms. The van der Waals surface area contributed by atoms with Crippen molar-refractivity contribution in [2.24, 2.45) is 0 Å². The smallest absolute Gasteiger partial charge is 0.254 e. The highest BCUT2D eigenvalue weighted by molar-refractivity contribution is 7.91. The van der Waals surface area contributed by atoms with Crippen LogP contribution in [0.25, 0.3) is 10.9 Å². The molecule has 158 valence electrons. The number of aromatic nitrogens is 1. The molecule has 1 amide bonds. The third-order valence-corrected chi connectivity index (χ3v) is 8.82. The normalized spacial score (nSPS) is 15.8. The Morgan fingerprint density at radius 2 is 1.80 bits per heavy atom. The molecule has 1 aliphatic rings. The molecule has 0 radical (unpaired) electrons. The van der Waals surface area contributed by atoms with Gasteiger partial charge in [0.05, 0.1) is 15.4 Å². The number of hydrogen-bond donors (Lipinski definition) is 0. The van der Waals surface area contributed by atoms with E-state index in [4.69, 9.17) is 11.6 Å². The Labute approximate surface area is 185 Å². The fourth-order valence-electron chi connectivity index (χ4n) is 3.53. The van der Waals surface area contributed by atoms with Crippen molar-refractivity contribution >= 4 is 49.8 Å². The molecule has 0 N–H and O–H groups in total. The number of thiophene rings is 1. The van der Waals surface area contributed by atoms with Crippen LogP contribution in [0.15, 0.2) is 46.7 Å². The lowest BCUT2D eigenvalue weighted by Gasteiger charge is -2.34. The summed E-state index contributed by atoms with van der Waals surface area (Å²) in [6, 6.07) is 12.6. The summed E-state index contributed by atoms with van der Waals surface area (Å²) in [5.74, 6) is 0.104. The molecule has 3 heterocycles. The summed E-state index contributed by atoms with van der Waals surface area (Å²) in [6.07, 6.45) is 0. The van der Waals surface area contributed by atoms with Crippen LogP contribution in [0.4, 0.5) is 0 Å². The lowest BCUT2D eigenvalue weighted by atomic mass is 10.0. The molecule has 30 heavy (non-hydrogen) atoms. The van der Waals surface area contributed by atoms with Crippen molar-refractivity contribution in [1.82, 2.24) is 14.2 Å². The zero-order valence-electron chi connectivity index (χ0n) is 16.7. The zero-order valence-corrected chi connectivity index (χ0v) is 19.1. The Balaban J connectivity index is 1.57. The van der Waals surface area contributed by atoms with E-state index in [0.717, 1.165) is 27.9 Å².